The van der Waals surface area contributed by atoms with Crippen LogP contribution in [0.1, 0.15) is 30.9 Å². The van der Waals surface area contributed by atoms with Crippen LogP contribution in [0.25, 0.3) is 11.8 Å². The third-order valence-electron chi connectivity index (χ3n) is 5.42. The van der Waals surface area contributed by atoms with Crippen LogP contribution in [0.2, 0.25) is 0 Å². The molecule has 3 rings (SSSR count). The summed E-state index contributed by atoms with van der Waals surface area (Å²) in [7, 11) is 7.09. The van der Waals surface area contributed by atoms with Gasteiger partial charge >= 0.3 is 0 Å². The number of hydrogen-bond donors (Lipinski definition) is 1. The number of nitrogens with one attached hydrogen (secondary N) is 1. The highest BCUT2D eigenvalue weighted by atomic mass is 16.5. The van der Waals surface area contributed by atoms with Crippen LogP contribution >= 0.6 is 0 Å². The van der Waals surface area contributed by atoms with E-state index in [2.05, 4.69) is 11.4 Å². The van der Waals surface area contributed by atoms with E-state index in [-0.39, 0.29) is 11.9 Å². The summed E-state index contributed by atoms with van der Waals surface area (Å²) in [6, 6.07) is 3.83. The molecule has 6 nitrogen and oxygen atoms in total. The van der Waals surface area contributed by atoms with Crippen LogP contribution in [0.3, 0.4) is 0 Å². The fourth-order valence-corrected chi connectivity index (χ4v) is 3.61. The fourth-order valence-electron chi connectivity index (χ4n) is 3.61. The van der Waals surface area contributed by atoms with E-state index in [0.29, 0.717) is 0 Å². The molecule has 1 N–H and O–H groups in total. The van der Waals surface area contributed by atoms with Gasteiger partial charge in [-0.1, -0.05) is 5.57 Å². The molecule has 1 saturated heterocycles. The van der Waals surface area contributed by atoms with E-state index in [4.69, 9.17) is 9.47 Å². The third kappa shape index (κ3) is 3.81. The van der Waals surface area contributed by atoms with Gasteiger partial charge < -0.3 is 24.6 Å². The molecule has 1 atom stereocenters. The lowest BCUT2D eigenvalue weighted by molar-refractivity contribution is -0.132. The molecule has 1 amide bonds. The van der Waals surface area contributed by atoms with Crippen LogP contribution in [0.4, 0.5) is 0 Å². The molecule has 1 unspecified atom stereocenters. The standard InChI is InChI=1S/C21H29N3O3/c1-14-21(25)23(2)13-18(24(14)3)16-11-19(26-4)17(20(12-16)27-5)10-15-6-8-22-9-7-15/h10-14,22H,6-9H2,1-5H3. The Hall–Kier alpha value is -2.47. The molecule has 0 aliphatic carbocycles. The maximum atomic E-state index is 12.2. The van der Waals surface area contributed by atoms with Crippen molar-refractivity contribution in [1.29, 1.82) is 0 Å². The first-order valence-corrected chi connectivity index (χ1v) is 9.34. The Labute approximate surface area is 161 Å². The Morgan fingerprint density at radius 1 is 1.11 bits per heavy atom. The minimum absolute atomic E-state index is 0.0763. The zero-order chi connectivity index (χ0) is 19.6. The average Bonchev–Trinajstić information content (AvgIpc) is 2.70. The second-order valence-electron chi connectivity index (χ2n) is 7.10. The molecule has 0 radical (unpaired) electrons. The number of benzene rings is 1. The first-order valence-electron chi connectivity index (χ1n) is 9.34. The van der Waals surface area contributed by atoms with Crippen LogP contribution in [-0.4, -0.2) is 63.2 Å². The maximum Gasteiger partial charge on any atom is 0.248 e. The van der Waals surface area contributed by atoms with Crippen molar-refractivity contribution in [1.82, 2.24) is 15.1 Å². The van der Waals surface area contributed by atoms with Crippen LogP contribution in [-0.2, 0) is 4.79 Å². The summed E-state index contributed by atoms with van der Waals surface area (Å²) in [6.07, 6.45) is 6.12. The van der Waals surface area contributed by atoms with Gasteiger partial charge in [0.2, 0.25) is 5.91 Å². The van der Waals surface area contributed by atoms with Crippen molar-refractivity contribution in [3.05, 3.63) is 35.0 Å². The number of carbonyl (C=O) groups is 1. The molecule has 1 aromatic carbocycles. The van der Waals surface area contributed by atoms with Gasteiger partial charge in [0, 0.05) is 25.9 Å². The minimum atomic E-state index is -0.219. The van der Waals surface area contributed by atoms with E-state index in [1.54, 1.807) is 26.2 Å². The minimum Gasteiger partial charge on any atom is -0.496 e. The topological polar surface area (TPSA) is 54.0 Å². The molecule has 2 aliphatic rings. The maximum absolute atomic E-state index is 12.2. The fraction of sp³-hybridized carbons (Fsp3) is 0.476. The highest BCUT2D eigenvalue weighted by molar-refractivity contribution is 5.88. The average molecular weight is 371 g/mol. The lowest BCUT2D eigenvalue weighted by Gasteiger charge is -2.36. The van der Waals surface area contributed by atoms with Crippen molar-refractivity contribution in [3.8, 4) is 11.5 Å². The van der Waals surface area contributed by atoms with Gasteiger partial charge in [0.15, 0.2) is 0 Å². The smallest absolute Gasteiger partial charge is 0.248 e. The van der Waals surface area contributed by atoms with E-state index in [0.717, 1.165) is 54.3 Å². The number of carbonyl (C=O) groups excluding carboxylic acids is 1. The van der Waals surface area contributed by atoms with Gasteiger partial charge in [0.1, 0.15) is 17.5 Å². The van der Waals surface area contributed by atoms with E-state index in [1.165, 1.54) is 5.57 Å². The summed E-state index contributed by atoms with van der Waals surface area (Å²) in [5.74, 6) is 1.63. The van der Waals surface area contributed by atoms with Crippen LogP contribution in [0.5, 0.6) is 11.5 Å². The molecular formula is C21H29N3O3. The number of methoxy groups -OCH3 is 2. The lowest BCUT2D eigenvalue weighted by Crippen LogP contribution is -2.45. The number of nitrogens with zero attached hydrogens (tertiary/aromatic N) is 2. The van der Waals surface area contributed by atoms with Crippen LogP contribution < -0.4 is 14.8 Å². The van der Waals surface area contributed by atoms with E-state index < -0.39 is 0 Å². The second-order valence-corrected chi connectivity index (χ2v) is 7.10. The number of likely N-dealkylation sites (N-methyl/N-ethyl adjacent to an activating group) is 2. The molecule has 0 spiro atoms. The summed E-state index contributed by atoms with van der Waals surface area (Å²) < 4.78 is 11.4. The summed E-state index contributed by atoms with van der Waals surface area (Å²) in [4.78, 5) is 15.8. The van der Waals surface area contributed by atoms with E-state index >= 15 is 0 Å². The number of rotatable bonds is 4. The molecule has 0 aromatic heterocycles. The van der Waals surface area contributed by atoms with Crippen molar-refractivity contribution < 1.29 is 14.3 Å². The first kappa shape index (κ1) is 19.3. The third-order valence-corrected chi connectivity index (χ3v) is 5.42. The first-order chi connectivity index (χ1) is 13.0. The predicted molar refractivity (Wildman–Crippen MR) is 108 cm³/mol. The SMILES string of the molecule is COc1cc(C2=CN(C)C(=O)C(C)N2C)cc(OC)c1C=C1CCNCC1. The van der Waals surface area contributed by atoms with Crippen molar-refractivity contribution in [2.24, 2.45) is 0 Å². The molecule has 0 bridgehead atoms. The second kappa shape index (κ2) is 8.05. The highest BCUT2D eigenvalue weighted by Gasteiger charge is 2.29. The Balaban J connectivity index is 2.06. The molecular weight excluding hydrogens is 342 g/mol. The largest absolute Gasteiger partial charge is 0.496 e. The normalized spacial score (nSPS) is 20.5. The summed E-state index contributed by atoms with van der Waals surface area (Å²) in [6.45, 7) is 3.92. The number of amides is 1. The Morgan fingerprint density at radius 2 is 1.70 bits per heavy atom. The molecule has 1 aromatic rings. The summed E-state index contributed by atoms with van der Waals surface area (Å²) >= 11 is 0. The predicted octanol–water partition coefficient (Wildman–Crippen LogP) is 2.56. The van der Waals surface area contributed by atoms with Gasteiger partial charge in [-0.25, -0.2) is 0 Å². The Kier molecular flexibility index (Phi) is 5.75. The quantitative estimate of drug-likeness (QED) is 0.882. The van der Waals surface area contributed by atoms with E-state index in [9.17, 15) is 4.79 Å². The molecule has 2 heterocycles. The zero-order valence-electron chi connectivity index (χ0n) is 16.8. The summed E-state index contributed by atoms with van der Waals surface area (Å²) in [5, 5.41) is 3.38. The lowest BCUT2D eigenvalue weighted by atomic mass is 9.98. The molecule has 6 heteroatoms. The summed E-state index contributed by atoms with van der Waals surface area (Å²) in [5.41, 5.74) is 4.29. The van der Waals surface area contributed by atoms with E-state index in [1.807, 2.05) is 37.2 Å². The van der Waals surface area contributed by atoms with Crippen molar-refractivity contribution in [3.63, 3.8) is 0 Å². The van der Waals surface area contributed by atoms with Crippen molar-refractivity contribution in [2.45, 2.75) is 25.8 Å². The van der Waals surface area contributed by atoms with Gasteiger partial charge in [-0.2, -0.15) is 0 Å². The van der Waals surface area contributed by atoms with Crippen LogP contribution in [0.15, 0.2) is 23.9 Å². The van der Waals surface area contributed by atoms with Gasteiger partial charge in [-0.15, -0.1) is 0 Å². The molecule has 1 fully saturated rings. The Bertz CT molecular complexity index is 752. The number of hydrogen-bond acceptors (Lipinski definition) is 5. The van der Waals surface area contributed by atoms with Crippen molar-refractivity contribution in [2.75, 3.05) is 41.4 Å². The molecule has 146 valence electrons. The molecule has 2 aliphatic heterocycles. The van der Waals surface area contributed by atoms with Gasteiger partial charge in [0.05, 0.1) is 25.5 Å². The number of piperidine rings is 1. The monoisotopic (exact) mass is 371 g/mol. The van der Waals surface area contributed by atoms with Gasteiger partial charge in [0.25, 0.3) is 0 Å². The van der Waals surface area contributed by atoms with Gasteiger partial charge in [-0.3, -0.25) is 4.79 Å². The highest BCUT2D eigenvalue weighted by Crippen LogP contribution is 2.37. The Morgan fingerprint density at radius 3 is 2.26 bits per heavy atom. The zero-order valence-corrected chi connectivity index (χ0v) is 16.8. The number of ether oxygens (including phenoxy) is 2. The molecule has 0 saturated carbocycles. The van der Waals surface area contributed by atoms with Crippen LogP contribution in [0, 0.1) is 0 Å². The molecule has 27 heavy (non-hydrogen) atoms. The van der Waals surface area contributed by atoms with Gasteiger partial charge in [-0.05, 0) is 51.1 Å². The van der Waals surface area contributed by atoms with Crippen molar-refractivity contribution >= 4 is 17.7 Å².